The zero-order valence-corrected chi connectivity index (χ0v) is 68.9. The van der Waals surface area contributed by atoms with Crippen LogP contribution in [0.4, 0.5) is 20.1 Å². The minimum absolute atomic E-state index is 0.0388. The largest absolute Gasteiger partial charge is 0.610 e. The number of H-pyrrole nitrogens is 1. The summed E-state index contributed by atoms with van der Waals surface area (Å²) in [6.07, 6.45) is 7.47. The molecule has 654 valence electrons. The Hall–Kier alpha value is -12.3. The van der Waals surface area contributed by atoms with Crippen molar-refractivity contribution in [2.75, 3.05) is 71.0 Å². The van der Waals surface area contributed by atoms with Crippen molar-refractivity contribution in [2.45, 2.75) is 178 Å². The number of anilines is 1. The van der Waals surface area contributed by atoms with Gasteiger partial charge in [0.15, 0.2) is 6.04 Å². The number of amides is 16. The second kappa shape index (κ2) is 43.1. The van der Waals surface area contributed by atoms with Crippen molar-refractivity contribution < 1.29 is 101 Å². The van der Waals surface area contributed by atoms with E-state index in [4.69, 9.17) is 20.9 Å². The van der Waals surface area contributed by atoms with Crippen molar-refractivity contribution >= 4 is 117 Å². The summed E-state index contributed by atoms with van der Waals surface area (Å²) < 4.78 is 28.4. The van der Waals surface area contributed by atoms with E-state index in [0.717, 1.165) is 32.3 Å². The number of aryl methyl sites for hydroxylation is 1. The normalized spacial score (nSPS) is 22.8. The number of nitrogens with one attached hydrogen (secondary N) is 12. The molecule has 5 aliphatic rings. The number of urea groups is 1. The van der Waals surface area contributed by atoms with Crippen LogP contribution in [0.25, 0.3) is 10.9 Å². The lowest BCUT2D eigenvalue weighted by Gasteiger charge is -2.32. The van der Waals surface area contributed by atoms with Crippen molar-refractivity contribution in [2.24, 2.45) is 29.2 Å². The van der Waals surface area contributed by atoms with Crippen LogP contribution in [-0.2, 0) is 106 Å². The molecule has 2 aliphatic carbocycles. The molecule has 4 bridgehead atoms. The smallest absolute Gasteiger partial charge is 0.415 e. The first kappa shape index (κ1) is 92.6. The number of nitrogens with zero attached hydrogens (tertiary/aromatic N) is 6. The van der Waals surface area contributed by atoms with E-state index >= 15 is 4.55 Å². The monoisotopic (exact) mass is 1700 g/mol. The lowest BCUT2D eigenvalue weighted by atomic mass is 9.93. The highest BCUT2D eigenvalue weighted by atomic mass is 32.2. The second-order valence-electron chi connectivity index (χ2n) is 30.7. The van der Waals surface area contributed by atoms with Crippen molar-refractivity contribution in [3.63, 3.8) is 0 Å². The average molecular weight is 1700 g/mol. The number of carbonyl (C=O) groups excluding carboxylic acids is 15. The first-order valence-corrected chi connectivity index (χ1v) is 41.0. The molecular weight excluding hydrogens is 1600 g/mol. The number of aliphatic hydroxyl groups is 3. The molecule has 0 spiro atoms. The van der Waals surface area contributed by atoms with Gasteiger partial charge in [-0.3, -0.25) is 57.5 Å². The van der Waals surface area contributed by atoms with Gasteiger partial charge in [0, 0.05) is 119 Å². The van der Waals surface area contributed by atoms with E-state index in [-0.39, 0.29) is 78.7 Å². The van der Waals surface area contributed by atoms with Gasteiger partial charge in [-0.25, -0.2) is 19.1 Å². The molecule has 2 unspecified atom stereocenters. The maximum atomic E-state index is 15.3. The minimum Gasteiger partial charge on any atom is -0.610 e. The summed E-state index contributed by atoms with van der Waals surface area (Å²) in [5, 5.41) is 68.7. The van der Waals surface area contributed by atoms with Crippen LogP contribution < -0.4 is 74.7 Å². The predicted molar refractivity (Wildman–Crippen MR) is 434 cm³/mol. The summed E-state index contributed by atoms with van der Waals surface area (Å²) in [5.74, 6) is -14.9. The number of hydrogen-bond donors (Lipinski definition) is 17. The number of likely N-dealkylation sites (N-methyl/N-ethyl adjacent to an activating group) is 2. The standard InChI is InChI=1S/C79H106N20O21S/c1-8-42(4)66-72(111)84-35-63(105)86-57-40-121(118)75-51(33-55(68(107)83-36-64(106)92-66)88-74(113)67(43(5)60(102)38-100)93-71(110)59-31-48(101)37-98(59)76(114)56(34-61(80)103)89-70(57)109)50-23-22-49(32-53(50)90-75)120-79(117)97(7)27-26-96(6)78(116)119-39-44-18-20-47(21-19-44)85-69(108)52(16-12-24-82-77(81)115)87-73(112)65(41(2)3)91-62(104)17-13-25-99-58-30-46-15-11-9-10-14-45(28-46)29-54(58)94-95-99/h9-11,14-15,18-23,28,32,41-43,48,52,55-57,59-60,65-67,90,100-102H,8,12-13,16-17,24-27,29-31,33-40H2,1-7H3,(H2,80,103)(H,83,107)(H,84,111)(H,85,108)(H,86,105)(H,87,112)(H,88,113)(H,89,109)(H,91,104)(H,92,106)(H,93,110)(H3,81,82,115)/b10-9-,11-9?,14-10?,15-11-,45-14+,46-15?/t42-,43-,48+,52-,55+,56?,57-,59-,60-,65-,66-,67-,121?/m0/s1. The molecule has 41 nitrogen and oxygen atoms in total. The van der Waals surface area contributed by atoms with Gasteiger partial charge in [-0.2, -0.15) is 0 Å². The summed E-state index contributed by atoms with van der Waals surface area (Å²) in [4.78, 5) is 214. The minimum atomic E-state index is -2.57. The van der Waals surface area contributed by atoms with Gasteiger partial charge >= 0.3 is 18.2 Å². The average Bonchev–Trinajstić information content (AvgIpc) is 1.63. The van der Waals surface area contributed by atoms with Crippen LogP contribution >= 0.6 is 0 Å². The Bertz CT molecular complexity index is 4660. The number of allylic oxidation sites excluding steroid dienone is 8. The van der Waals surface area contributed by atoms with Crippen LogP contribution in [0.3, 0.4) is 0 Å². The molecule has 3 aliphatic heterocycles. The third-order valence-corrected chi connectivity index (χ3v) is 22.7. The molecule has 16 amide bonds. The third kappa shape index (κ3) is 25.6. The van der Waals surface area contributed by atoms with Crippen LogP contribution in [0.1, 0.15) is 102 Å². The first-order chi connectivity index (χ1) is 57.6. The molecule has 0 radical (unpaired) electrons. The molecule has 2 aromatic heterocycles. The quantitative estimate of drug-likeness (QED) is 0.0212. The van der Waals surface area contributed by atoms with E-state index in [2.05, 4.69) is 79.9 Å². The van der Waals surface area contributed by atoms with Crippen LogP contribution in [-0.4, -0.2) is 270 Å². The number of aromatic nitrogens is 4. The number of primary amides is 2. The van der Waals surface area contributed by atoms with Crippen molar-refractivity contribution in [3.8, 4) is 5.75 Å². The molecule has 0 saturated carbocycles. The summed E-state index contributed by atoms with van der Waals surface area (Å²) >= 11 is -2.57. The summed E-state index contributed by atoms with van der Waals surface area (Å²) in [5.41, 5.74) is 15.7. The van der Waals surface area contributed by atoms with Gasteiger partial charge in [-0.05, 0) is 72.1 Å². The molecule has 19 N–H and O–H groups in total. The zero-order valence-electron chi connectivity index (χ0n) is 68.1. The molecule has 2 aromatic carbocycles. The van der Waals surface area contributed by atoms with E-state index in [1.165, 1.54) is 44.1 Å². The molecule has 1 fully saturated rings. The van der Waals surface area contributed by atoms with E-state index < -0.39 is 224 Å². The van der Waals surface area contributed by atoms with Gasteiger partial charge in [-0.1, -0.05) is 94.8 Å². The highest BCUT2D eigenvalue weighted by Gasteiger charge is 2.46. The maximum Gasteiger partial charge on any atom is 0.415 e. The fourth-order valence-electron chi connectivity index (χ4n) is 14.0. The van der Waals surface area contributed by atoms with Gasteiger partial charge in [0.25, 0.3) is 0 Å². The maximum absolute atomic E-state index is 15.3. The fraction of sp³-hybridized carbons (Fsp3) is 0.506. The molecule has 13 atom stereocenters. The van der Waals surface area contributed by atoms with Gasteiger partial charge in [0.2, 0.25) is 75.9 Å². The van der Waals surface area contributed by atoms with E-state index in [0.29, 0.717) is 43.5 Å². The van der Waals surface area contributed by atoms with Gasteiger partial charge in [-0.15, -0.1) is 5.10 Å². The zero-order chi connectivity index (χ0) is 88.1. The van der Waals surface area contributed by atoms with Crippen LogP contribution in [0.2, 0.25) is 0 Å². The summed E-state index contributed by atoms with van der Waals surface area (Å²) in [6, 6.07) is -3.30. The molecule has 9 rings (SSSR count). The van der Waals surface area contributed by atoms with Crippen molar-refractivity contribution in [1.29, 1.82) is 0 Å². The van der Waals surface area contributed by atoms with Crippen molar-refractivity contribution in [1.82, 2.24) is 87.8 Å². The lowest BCUT2D eigenvalue weighted by Crippen LogP contribution is -2.62. The number of aliphatic hydroxyl groups excluding tert-OH is 3. The van der Waals surface area contributed by atoms with Crippen LogP contribution in [0.5, 0.6) is 5.75 Å². The Morgan fingerprint density at radius 2 is 1.49 bits per heavy atom. The lowest BCUT2D eigenvalue weighted by molar-refractivity contribution is -0.144. The van der Waals surface area contributed by atoms with Gasteiger partial charge in [0.05, 0.1) is 55.2 Å². The summed E-state index contributed by atoms with van der Waals surface area (Å²) in [6.45, 7) is 4.90. The number of rotatable bonds is 27. The molecule has 121 heavy (non-hydrogen) atoms. The molecule has 4 aromatic rings. The van der Waals surface area contributed by atoms with Crippen LogP contribution in [0.15, 0.2) is 95.1 Å². The van der Waals surface area contributed by atoms with Gasteiger partial charge < -0.3 is 119 Å². The number of hydrogen-bond acceptors (Lipinski definition) is 23. The molecule has 5 heterocycles. The van der Waals surface area contributed by atoms with E-state index in [1.807, 2.05) is 35.1 Å². The molecular formula is C79H106N20O21S. The number of fused-ring (bicyclic) bond motifs is 7. The number of benzene rings is 2. The number of ether oxygens (including phenoxy) is 2. The Morgan fingerprint density at radius 3 is 2.18 bits per heavy atom. The van der Waals surface area contributed by atoms with E-state index in [9.17, 15) is 87.2 Å². The van der Waals surface area contributed by atoms with Crippen LogP contribution in [0, 0.1) is 17.8 Å². The Morgan fingerprint density at radius 1 is 0.777 bits per heavy atom. The highest BCUT2D eigenvalue weighted by Crippen LogP contribution is 2.33. The highest BCUT2D eigenvalue weighted by molar-refractivity contribution is 7.91. The van der Waals surface area contributed by atoms with Gasteiger partial charge in [0.1, 0.15) is 60.4 Å². The Balaban J connectivity index is 0.866. The first-order valence-electron chi connectivity index (χ1n) is 39.7. The molecule has 42 heteroatoms. The van der Waals surface area contributed by atoms with E-state index in [1.54, 1.807) is 52.0 Å². The molecule has 1 saturated heterocycles. The predicted octanol–water partition coefficient (Wildman–Crippen LogP) is -2.76. The number of aromatic amines is 1. The second-order valence-corrected chi connectivity index (χ2v) is 32.2. The topological polar surface area (TPSA) is 599 Å². The Labute approximate surface area is 699 Å². The SMILES string of the molecule is CC[C@H](C)[C@@H]1NC(=O)CNC(=O)[C@H]2Cc3c([nH]c4cc(OC(=O)N(C)CCN(C)C(=O)OCc5ccc(NC(=O)[C@H](CCCNC(N)=O)NC(=O)[C@@H](NC(=O)CCCn6nnc7c6CC6=CC(=C/C=C\C=C/6)\C7)C(C)C)cc5)ccc34)[S+]([O-])C[C@H](NC(=O)CNC1=O)C(=O)NC(CC(N)=O)C(=O)N1C[C@H](O)C[C@H]1C(=O)N[C@@H]([C@@H](C)[C@@H](O)CO)C(=O)N2. The summed E-state index contributed by atoms with van der Waals surface area (Å²) in [7, 11) is 2.78. The number of nitrogens with two attached hydrogens (primary N) is 2. The fourth-order valence-corrected chi connectivity index (χ4v) is 15.4. The number of carbonyl (C=O) groups is 15. The third-order valence-electron chi connectivity index (χ3n) is 21.2. The Kier molecular flexibility index (Phi) is 33.0. The van der Waals surface area contributed by atoms with Crippen molar-refractivity contribution in [3.05, 3.63) is 113 Å².